The van der Waals surface area contributed by atoms with Crippen molar-refractivity contribution in [3.05, 3.63) is 24.0 Å². The van der Waals surface area contributed by atoms with E-state index in [2.05, 4.69) is 33.0 Å². The minimum atomic E-state index is -0.295. The van der Waals surface area contributed by atoms with Crippen molar-refractivity contribution in [1.29, 1.82) is 0 Å². The Hall–Kier alpha value is -1.25. The van der Waals surface area contributed by atoms with Gasteiger partial charge in [-0.1, -0.05) is 27.7 Å². The molecule has 0 aliphatic heterocycles. The number of benzene rings is 1. The molecule has 0 amide bonds. The zero-order valence-electron chi connectivity index (χ0n) is 13.9. The second-order valence-corrected chi connectivity index (χ2v) is 7.83. The van der Waals surface area contributed by atoms with Crippen LogP contribution in [0, 0.1) is 16.6 Å². The van der Waals surface area contributed by atoms with Crippen LogP contribution in [-0.4, -0.2) is 12.6 Å². The Balaban J connectivity index is 2.09. The largest absolute Gasteiger partial charge is 0.491 e. The first-order chi connectivity index (χ1) is 9.71. The van der Waals surface area contributed by atoms with Gasteiger partial charge in [0.1, 0.15) is 0 Å². The van der Waals surface area contributed by atoms with Crippen LogP contribution in [0.4, 0.5) is 10.1 Å². The van der Waals surface area contributed by atoms with E-state index in [0.29, 0.717) is 29.2 Å². The van der Waals surface area contributed by atoms with Gasteiger partial charge in [-0.2, -0.15) is 0 Å². The fourth-order valence-electron chi connectivity index (χ4n) is 4.05. The molecule has 1 saturated carbocycles. The molecule has 0 aromatic heterocycles. The number of hydrogen-bond donors (Lipinski definition) is 1. The molecule has 3 heteroatoms. The molecule has 1 aliphatic carbocycles. The Labute approximate surface area is 128 Å². The summed E-state index contributed by atoms with van der Waals surface area (Å²) in [6.07, 6.45) is 3.46. The first kappa shape index (κ1) is 16.1. The fourth-order valence-corrected chi connectivity index (χ4v) is 4.05. The van der Waals surface area contributed by atoms with E-state index in [9.17, 15) is 4.39 Å². The molecule has 0 atom stereocenters. The molecule has 21 heavy (non-hydrogen) atoms. The van der Waals surface area contributed by atoms with Gasteiger partial charge in [-0.05, 0) is 49.1 Å². The summed E-state index contributed by atoms with van der Waals surface area (Å²) in [5.41, 5.74) is 1.49. The zero-order valence-corrected chi connectivity index (χ0v) is 13.9. The van der Waals surface area contributed by atoms with Gasteiger partial charge in [-0.3, -0.25) is 0 Å². The summed E-state index contributed by atoms with van der Waals surface area (Å²) in [6, 6.07) is 5.55. The molecule has 0 spiro atoms. The molecule has 0 radical (unpaired) electrons. The molecule has 1 fully saturated rings. The smallest absolute Gasteiger partial charge is 0.167 e. The maximum atomic E-state index is 13.9. The van der Waals surface area contributed by atoms with Crippen LogP contribution in [0.3, 0.4) is 0 Å². The molecule has 1 N–H and O–H groups in total. The SMILES string of the molecule is CCOc1ccc(NC2CC(C)(C)CC(C)(C)C2)cc1F. The predicted molar refractivity (Wildman–Crippen MR) is 86.4 cm³/mol. The summed E-state index contributed by atoms with van der Waals surface area (Å²) >= 11 is 0. The van der Waals surface area contributed by atoms with Gasteiger partial charge in [-0.15, -0.1) is 0 Å². The lowest BCUT2D eigenvalue weighted by atomic mass is 9.63. The molecule has 1 aromatic rings. The third kappa shape index (κ3) is 4.36. The van der Waals surface area contributed by atoms with Crippen molar-refractivity contribution in [2.75, 3.05) is 11.9 Å². The summed E-state index contributed by atoms with van der Waals surface area (Å²) in [7, 11) is 0. The highest BCUT2D eigenvalue weighted by atomic mass is 19.1. The number of nitrogens with one attached hydrogen (secondary N) is 1. The van der Waals surface area contributed by atoms with E-state index in [-0.39, 0.29) is 5.82 Å². The Morgan fingerprint density at radius 3 is 2.33 bits per heavy atom. The highest BCUT2D eigenvalue weighted by Gasteiger charge is 2.38. The Morgan fingerprint density at radius 2 is 1.81 bits per heavy atom. The van der Waals surface area contributed by atoms with Crippen LogP contribution in [-0.2, 0) is 0 Å². The molecular weight excluding hydrogens is 265 g/mol. The van der Waals surface area contributed by atoms with Gasteiger partial charge < -0.3 is 10.1 Å². The number of hydrogen-bond acceptors (Lipinski definition) is 2. The van der Waals surface area contributed by atoms with E-state index < -0.39 is 0 Å². The Morgan fingerprint density at radius 1 is 1.19 bits per heavy atom. The summed E-state index contributed by atoms with van der Waals surface area (Å²) in [5, 5.41) is 3.51. The van der Waals surface area contributed by atoms with E-state index in [1.165, 1.54) is 6.42 Å². The minimum absolute atomic E-state index is 0.295. The second kappa shape index (κ2) is 5.86. The van der Waals surface area contributed by atoms with Crippen molar-refractivity contribution in [3.8, 4) is 5.75 Å². The summed E-state index contributed by atoms with van der Waals surface area (Å²) in [4.78, 5) is 0. The number of rotatable bonds is 4. The molecule has 0 bridgehead atoms. The average molecular weight is 293 g/mol. The molecule has 2 nitrogen and oxygen atoms in total. The summed E-state index contributed by atoms with van der Waals surface area (Å²) < 4.78 is 19.2. The quantitative estimate of drug-likeness (QED) is 0.819. The van der Waals surface area contributed by atoms with Gasteiger partial charge in [0.2, 0.25) is 0 Å². The summed E-state index contributed by atoms with van der Waals surface area (Å²) in [6.45, 7) is 11.6. The van der Waals surface area contributed by atoms with Gasteiger partial charge in [0, 0.05) is 17.8 Å². The maximum Gasteiger partial charge on any atom is 0.167 e. The first-order valence-electron chi connectivity index (χ1n) is 7.90. The van der Waals surface area contributed by atoms with Crippen molar-refractivity contribution in [3.63, 3.8) is 0 Å². The monoisotopic (exact) mass is 293 g/mol. The number of anilines is 1. The first-order valence-corrected chi connectivity index (χ1v) is 7.90. The average Bonchev–Trinajstić information content (AvgIpc) is 2.28. The van der Waals surface area contributed by atoms with Crippen LogP contribution in [0.2, 0.25) is 0 Å². The molecule has 1 aromatic carbocycles. The van der Waals surface area contributed by atoms with E-state index >= 15 is 0 Å². The third-order valence-corrected chi connectivity index (χ3v) is 4.16. The van der Waals surface area contributed by atoms with Gasteiger partial charge in [0.25, 0.3) is 0 Å². The van der Waals surface area contributed by atoms with Crippen LogP contribution < -0.4 is 10.1 Å². The molecular formula is C18H28FNO. The molecule has 0 saturated heterocycles. The van der Waals surface area contributed by atoms with Crippen LogP contribution in [0.1, 0.15) is 53.9 Å². The lowest BCUT2D eigenvalue weighted by Gasteiger charge is -2.45. The van der Waals surface area contributed by atoms with Gasteiger partial charge >= 0.3 is 0 Å². The highest BCUT2D eigenvalue weighted by Crippen LogP contribution is 2.46. The third-order valence-electron chi connectivity index (χ3n) is 4.16. The van der Waals surface area contributed by atoms with Crippen LogP contribution >= 0.6 is 0 Å². The lowest BCUT2D eigenvalue weighted by molar-refractivity contribution is 0.105. The standard InChI is InChI=1S/C18H28FNO/c1-6-21-16-8-7-13(9-15(16)19)20-14-10-17(2,3)12-18(4,5)11-14/h7-9,14,20H,6,10-12H2,1-5H3. The molecule has 118 valence electrons. The number of halogens is 1. The number of ether oxygens (including phenoxy) is 1. The van der Waals surface area contributed by atoms with E-state index in [1.807, 2.05) is 13.0 Å². The van der Waals surface area contributed by atoms with Gasteiger partial charge in [0.15, 0.2) is 11.6 Å². The van der Waals surface area contributed by atoms with E-state index in [0.717, 1.165) is 18.5 Å². The van der Waals surface area contributed by atoms with Crippen molar-refractivity contribution >= 4 is 5.69 Å². The normalized spacial score (nSPS) is 21.0. The minimum Gasteiger partial charge on any atom is -0.491 e. The van der Waals surface area contributed by atoms with Gasteiger partial charge in [0.05, 0.1) is 6.61 Å². The van der Waals surface area contributed by atoms with Crippen LogP contribution in [0.15, 0.2) is 18.2 Å². The van der Waals surface area contributed by atoms with Gasteiger partial charge in [-0.25, -0.2) is 4.39 Å². The Kier molecular flexibility index (Phi) is 4.50. The van der Waals surface area contributed by atoms with E-state index in [1.54, 1.807) is 12.1 Å². The molecule has 2 rings (SSSR count). The zero-order chi connectivity index (χ0) is 15.7. The Bertz CT molecular complexity index is 480. The van der Waals surface area contributed by atoms with Crippen molar-refractivity contribution in [2.45, 2.75) is 59.9 Å². The fraction of sp³-hybridized carbons (Fsp3) is 0.667. The van der Waals surface area contributed by atoms with Crippen LogP contribution in [0.25, 0.3) is 0 Å². The summed E-state index contributed by atoms with van der Waals surface area (Å²) in [5.74, 6) is 0.0310. The van der Waals surface area contributed by atoms with Crippen molar-refractivity contribution < 1.29 is 9.13 Å². The lowest BCUT2D eigenvalue weighted by Crippen LogP contribution is -2.40. The van der Waals surface area contributed by atoms with E-state index in [4.69, 9.17) is 4.74 Å². The topological polar surface area (TPSA) is 21.3 Å². The molecule has 1 aliphatic rings. The van der Waals surface area contributed by atoms with Crippen LogP contribution in [0.5, 0.6) is 5.75 Å². The van der Waals surface area contributed by atoms with Crippen molar-refractivity contribution in [2.24, 2.45) is 10.8 Å². The second-order valence-electron chi connectivity index (χ2n) is 7.83. The molecule has 0 heterocycles. The predicted octanol–water partition coefficient (Wildman–Crippen LogP) is 5.24. The van der Waals surface area contributed by atoms with Crippen molar-refractivity contribution in [1.82, 2.24) is 0 Å². The highest BCUT2D eigenvalue weighted by molar-refractivity contribution is 5.48. The molecule has 0 unspecified atom stereocenters. The maximum absolute atomic E-state index is 13.9.